The number of hydrogen-bond acceptors (Lipinski definition) is 5. The monoisotopic (exact) mass is 289 g/mol. The molecule has 0 amide bonds. The minimum atomic E-state index is -4.23. The third-order valence-corrected chi connectivity index (χ3v) is 4.42. The topological polar surface area (TPSA) is 63.7 Å². The molecule has 0 aliphatic carbocycles. The van der Waals surface area contributed by atoms with E-state index in [4.69, 9.17) is 0 Å². The zero-order chi connectivity index (χ0) is 14.4. The number of ether oxygens (including phenoxy) is 1. The third kappa shape index (κ3) is 1.97. The number of benzene rings is 1. The maximum atomic E-state index is 13.2. The van der Waals surface area contributed by atoms with Gasteiger partial charge in [0.25, 0.3) is 0 Å². The van der Waals surface area contributed by atoms with Crippen LogP contribution in [0.4, 0.5) is 14.5 Å². The van der Waals surface area contributed by atoms with Crippen LogP contribution in [0.25, 0.3) is 0 Å². The van der Waals surface area contributed by atoms with Gasteiger partial charge in [-0.25, -0.2) is 22.0 Å². The van der Waals surface area contributed by atoms with Crippen molar-refractivity contribution >= 4 is 21.5 Å². The molecule has 1 heterocycles. The van der Waals surface area contributed by atoms with Crippen LogP contribution in [0.3, 0.4) is 0 Å². The number of carbonyl (C=O) groups is 1. The summed E-state index contributed by atoms with van der Waals surface area (Å²) >= 11 is 0. The number of rotatable bonds is 1. The van der Waals surface area contributed by atoms with Crippen LogP contribution in [0.5, 0.6) is 0 Å². The first kappa shape index (κ1) is 13.5. The van der Waals surface area contributed by atoms with E-state index in [1.54, 1.807) is 0 Å². The standard InChI is InChI=1S/C11H9F2NO4S/c1-14-5-10(11(15)18-2)19(16,17)9-4-7(13)6(12)3-8(9)14/h3-5H,1-2H3. The second-order valence-electron chi connectivity index (χ2n) is 3.83. The second-order valence-corrected chi connectivity index (χ2v) is 5.72. The van der Waals surface area contributed by atoms with E-state index >= 15 is 0 Å². The highest BCUT2D eigenvalue weighted by molar-refractivity contribution is 7.96. The molecule has 1 aliphatic rings. The summed E-state index contributed by atoms with van der Waals surface area (Å²) in [5.41, 5.74) is -0.0495. The molecule has 0 spiro atoms. The molecule has 2 rings (SSSR count). The number of esters is 1. The Morgan fingerprint density at radius 2 is 1.84 bits per heavy atom. The van der Waals surface area contributed by atoms with Crippen molar-refractivity contribution in [2.24, 2.45) is 0 Å². The van der Waals surface area contributed by atoms with Gasteiger partial charge in [0, 0.05) is 19.3 Å². The van der Waals surface area contributed by atoms with Gasteiger partial charge in [-0.1, -0.05) is 0 Å². The molecule has 19 heavy (non-hydrogen) atoms. The summed E-state index contributed by atoms with van der Waals surface area (Å²) in [6.45, 7) is 0. The highest BCUT2D eigenvalue weighted by atomic mass is 32.2. The molecule has 5 nitrogen and oxygen atoms in total. The maximum Gasteiger partial charge on any atom is 0.351 e. The summed E-state index contributed by atoms with van der Waals surface area (Å²) in [5.74, 6) is -3.54. The Bertz CT molecular complexity index is 697. The molecular weight excluding hydrogens is 280 g/mol. The van der Waals surface area contributed by atoms with Crippen LogP contribution in [0, 0.1) is 11.6 Å². The van der Waals surface area contributed by atoms with E-state index in [0.717, 1.165) is 19.4 Å². The van der Waals surface area contributed by atoms with Gasteiger partial charge in [0.2, 0.25) is 9.84 Å². The molecular formula is C11H9F2NO4S. The Balaban J connectivity index is 2.74. The van der Waals surface area contributed by atoms with Gasteiger partial charge in [-0.3, -0.25) is 0 Å². The van der Waals surface area contributed by atoms with Gasteiger partial charge in [-0.15, -0.1) is 0 Å². The van der Waals surface area contributed by atoms with Crippen LogP contribution in [-0.2, 0) is 19.4 Å². The minimum Gasteiger partial charge on any atom is -0.465 e. The van der Waals surface area contributed by atoms with Crippen LogP contribution in [0.2, 0.25) is 0 Å². The summed E-state index contributed by atoms with van der Waals surface area (Å²) in [4.78, 5) is 11.5. The number of anilines is 1. The smallest absolute Gasteiger partial charge is 0.351 e. The normalized spacial score (nSPS) is 16.6. The van der Waals surface area contributed by atoms with Crippen molar-refractivity contribution < 1.29 is 26.7 Å². The Morgan fingerprint density at radius 1 is 1.26 bits per heavy atom. The molecule has 8 heteroatoms. The summed E-state index contributed by atoms with van der Waals surface area (Å²) in [6.07, 6.45) is 1.00. The molecule has 0 bridgehead atoms. The Labute approximate surface area is 108 Å². The molecule has 102 valence electrons. The van der Waals surface area contributed by atoms with Crippen LogP contribution in [0.15, 0.2) is 28.1 Å². The van der Waals surface area contributed by atoms with Crippen molar-refractivity contribution in [1.82, 2.24) is 0 Å². The van der Waals surface area contributed by atoms with Crippen LogP contribution >= 0.6 is 0 Å². The van der Waals surface area contributed by atoms with Crippen molar-refractivity contribution in [2.45, 2.75) is 4.90 Å². The van der Waals surface area contributed by atoms with Gasteiger partial charge in [0.1, 0.15) is 0 Å². The van der Waals surface area contributed by atoms with Gasteiger partial charge in [0.05, 0.1) is 17.7 Å². The van der Waals surface area contributed by atoms with E-state index in [9.17, 15) is 22.0 Å². The first-order chi connectivity index (χ1) is 8.78. The van der Waals surface area contributed by atoms with Gasteiger partial charge in [-0.2, -0.15) is 0 Å². The van der Waals surface area contributed by atoms with Crippen molar-refractivity contribution in [3.05, 3.63) is 34.9 Å². The van der Waals surface area contributed by atoms with E-state index in [0.29, 0.717) is 6.07 Å². The fourth-order valence-electron chi connectivity index (χ4n) is 1.71. The SMILES string of the molecule is COC(=O)C1=CN(C)c2cc(F)c(F)cc2S1(=O)=O. The van der Waals surface area contributed by atoms with Crippen molar-refractivity contribution in [3.8, 4) is 0 Å². The molecule has 0 N–H and O–H groups in total. The third-order valence-electron chi connectivity index (χ3n) is 2.66. The number of methoxy groups -OCH3 is 1. The number of sulfone groups is 1. The summed E-state index contributed by atoms with van der Waals surface area (Å²) in [7, 11) is -1.79. The van der Waals surface area contributed by atoms with Crippen molar-refractivity contribution in [3.63, 3.8) is 0 Å². The highest BCUT2D eigenvalue weighted by Crippen LogP contribution is 2.36. The highest BCUT2D eigenvalue weighted by Gasteiger charge is 2.36. The van der Waals surface area contributed by atoms with E-state index < -0.39 is 37.2 Å². The van der Waals surface area contributed by atoms with Crippen molar-refractivity contribution in [2.75, 3.05) is 19.1 Å². The fourth-order valence-corrected chi connectivity index (χ4v) is 3.28. The predicted molar refractivity (Wildman–Crippen MR) is 62.0 cm³/mol. The number of halogens is 2. The Hall–Kier alpha value is -1.96. The second kappa shape index (κ2) is 4.30. The van der Waals surface area contributed by atoms with E-state index in [1.165, 1.54) is 11.9 Å². The Kier molecular flexibility index (Phi) is 3.05. The molecule has 1 aromatic rings. The summed E-state index contributed by atoms with van der Waals surface area (Å²) in [6, 6.07) is 1.30. The maximum absolute atomic E-state index is 13.2. The first-order valence-corrected chi connectivity index (χ1v) is 6.54. The average molecular weight is 289 g/mol. The molecule has 0 saturated carbocycles. The number of carbonyl (C=O) groups excluding carboxylic acids is 1. The van der Waals surface area contributed by atoms with Crippen LogP contribution < -0.4 is 4.90 Å². The number of nitrogens with zero attached hydrogens (tertiary/aromatic N) is 1. The van der Waals surface area contributed by atoms with E-state index in [2.05, 4.69) is 4.74 Å². The molecule has 0 unspecified atom stereocenters. The number of hydrogen-bond donors (Lipinski definition) is 0. The summed E-state index contributed by atoms with van der Waals surface area (Å²) in [5, 5.41) is 0. The molecule has 0 atom stereocenters. The number of fused-ring (bicyclic) bond motifs is 1. The molecule has 0 fully saturated rings. The van der Waals surface area contributed by atoms with Gasteiger partial charge in [-0.05, 0) is 6.07 Å². The molecule has 0 radical (unpaired) electrons. The minimum absolute atomic E-state index is 0.0495. The van der Waals surface area contributed by atoms with Gasteiger partial charge < -0.3 is 9.64 Å². The lowest BCUT2D eigenvalue weighted by atomic mass is 10.2. The van der Waals surface area contributed by atoms with Crippen LogP contribution in [0.1, 0.15) is 0 Å². The van der Waals surface area contributed by atoms with Gasteiger partial charge in [0.15, 0.2) is 16.5 Å². The van der Waals surface area contributed by atoms with Crippen molar-refractivity contribution in [1.29, 1.82) is 0 Å². The lowest BCUT2D eigenvalue weighted by Gasteiger charge is -2.24. The fraction of sp³-hybridized carbons (Fsp3) is 0.182. The molecule has 0 saturated heterocycles. The zero-order valence-corrected chi connectivity index (χ0v) is 10.8. The first-order valence-electron chi connectivity index (χ1n) is 5.06. The molecule has 1 aromatic carbocycles. The Morgan fingerprint density at radius 3 is 2.42 bits per heavy atom. The lowest BCUT2D eigenvalue weighted by molar-refractivity contribution is -0.135. The zero-order valence-electron chi connectivity index (χ0n) is 9.98. The largest absolute Gasteiger partial charge is 0.465 e. The lowest BCUT2D eigenvalue weighted by Crippen LogP contribution is -2.26. The molecule has 1 aliphatic heterocycles. The van der Waals surface area contributed by atoms with Gasteiger partial charge >= 0.3 is 5.97 Å². The average Bonchev–Trinajstić information content (AvgIpc) is 2.35. The van der Waals surface area contributed by atoms with E-state index in [1.807, 2.05) is 0 Å². The van der Waals surface area contributed by atoms with Crippen LogP contribution in [-0.4, -0.2) is 28.5 Å². The molecule has 0 aromatic heterocycles. The van der Waals surface area contributed by atoms with E-state index in [-0.39, 0.29) is 5.69 Å². The summed E-state index contributed by atoms with van der Waals surface area (Å²) < 4.78 is 55.0. The predicted octanol–water partition coefficient (Wildman–Crippen LogP) is 1.20. The quantitative estimate of drug-likeness (QED) is 0.574.